The van der Waals surface area contributed by atoms with E-state index in [0.717, 1.165) is 11.5 Å². The van der Waals surface area contributed by atoms with Gasteiger partial charge in [0.05, 0.1) is 11.3 Å². The number of thioether (sulfide) groups is 1. The molecule has 0 radical (unpaired) electrons. The molecule has 0 spiro atoms. The molecule has 0 aliphatic rings. The first-order chi connectivity index (χ1) is 12.3. The number of carbonyl (C=O) groups is 2. The van der Waals surface area contributed by atoms with Gasteiger partial charge in [0.25, 0.3) is 5.91 Å². The number of hydrogen-bond acceptors (Lipinski definition) is 3. The third-order valence-electron chi connectivity index (χ3n) is 3.52. The van der Waals surface area contributed by atoms with Crippen LogP contribution in [0.15, 0.2) is 54.6 Å². The van der Waals surface area contributed by atoms with Crippen molar-refractivity contribution in [2.45, 2.75) is 38.5 Å². The maximum atomic E-state index is 12.4. The maximum absolute atomic E-state index is 12.4. The van der Waals surface area contributed by atoms with E-state index in [4.69, 9.17) is 0 Å². The molecular weight excluding hydrogens is 344 g/mol. The van der Waals surface area contributed by atoms with E-state index >= 15 is 0 Å². The molecule has 0 saturated heterocycles. The number of amides is 2. The van der Waals surface area contributed by atoms with Gasteiger partial charge < -0.3 is 10.6 Å². The van der Waals surface area contributed by atoms with E-state index in [1.807, 2.05) is 45.0 Å². The van der Waals surface area contributed by atoms with Crippen molar-refractivity contribution in [3.63, 3.8) is 0 Å². The maximum Gasteiger partial charge on any atom is 0.253 e. The van der Waals surface area contributed by atoms with Gasteiger partial charge in [-0.15, -0.1) is 0 Å². The Balaban J connectivity index is 1.86. The van der Waals surface area contributed by atoms with Crippen LogP contribution in [0.3, 0.4) is 0 Å². The molecule has 0 bridgehead atoms. The molecule has 0 aliphatic carbocycles. The molecule has 0 atom stereocenters. The van der Waals surface area contributed by atoms with Crippen molar-refractivity contribution >= 4 is 29.3 Å². The van der Waals surface area contributed by atoms with Crippen LogP contribution in [-0.2, 0) is 10.5 Å². The second-order valence-electron chi connectivity index (χ2n) is 7.09. The molecule has 5 heteroatoms. The van der Waals surface area contributed by atoms with Crippen molar-refractivity contribution in [3.05, 3.63) is 65.7 Å². The summed E-state index contributed by atoms with van der Waals surface area (Å²) in [6.45, 7) is 5.78. The van der Waals surface area contributed by atoms with Gasteiger partial charge in [0.1, 0.15) is 0 Å². The standard InChI is InChI=1S/C21H26N2O2S/c1-21(2,3)23-20(25)17-11-7-8-12-18(17)22-19(24)13-14-26-15-16-9-5-4-6-10-16/h4-12H,13-15H2,1-3H3,(H,22,24)(H,23,25). The summed E-state index contributed by atoms with van der Waals surface area (Å²) >= 11 is 1.72. The lowest BCUT2D eigenvalue weighted by atomic mass is 10.1. The molecule has 2 aromatic rings. The van der Waals surface area contributed by atoms with Crippen molar-refractivity contribution < 1.29 is 9.59 Å². The zero-order chi connectivity index (χ0) is 19.0. The molecule has 2 amide bonds. The first-order valence-corrected chi connectivity index (χ1v) is 9.84. The van der Waals surface area contributed by atoms with Gasteiger partial charge in [0.15, 0.2) is 0 Å². The summed E-state index contributed by atoms with van der Waals surface area (Å²) < 4.78 is 0. The largest absolute Gasteiger partial charge is 0.347 e. The molecule has 0 aromatic heterocycles. The zero-order valence-corrected chi connectivity index (χ0v) is 16.4. The number of hydrogen-bond donors (Lipinski definition) is 2. The average molecular weight is 371 g/mol. The molecule has 0 aliphatic heterocycles. The van der Waals surface area contributed by atoms with Gasteiger partial charge in [0.2, 0.25) is 5.91 Å². The van der Waals surface area contributed by atoms with Crippen LogP contribution in [0.2, 0.25) is 0 Å². The number of rotatable bonds is 7. The highest BCUT2D eigenvalue weighted by Crippen LogP contribution is 2.18. The van der Waals surface area contributed by atoms with E-state index in [-0.39, 0.29) is 17.4 Å². The topological polar surface area (TPSA) is 58.2 Å². The molecule has 2 N–H and O–H groups in total. The van der Waals surface area contributed by atoms with Crippen LogP contribution in [0.25, 0.3) is 0 Å². The molecule has 138 valence electrons. The smallest absolute Gasteiger partial charge is 0.253 e. The molecule has 0 unspecified atom stereocenters. The van der Waals surface area contributed by atoms with Crippen LogP contribution in [0.4, 0.5) is 5.69 Å². The SMILES string of the molecule is CC(C)(C)NC(=O)c1ccccc1NC(=O)CCSCc1ccccc1. The van der Waals surface area contributed by atoms with Crippen LogP contribution >= 0.6 is 11.8 Å². The van der Waals surface area contributed by atoms with Crippen LogP contribution in [0, 0.1) is 0 Å². The van der Waals surface area contributed by atoms with Gasteiger partial charge in [-0.25, -0.2) is 0 Å². The van der Waals surface area contributed by atoms with E-state index < -0.39 is 0 Å². The number of para-hydroxylation sites is 1. The molecule has 0 fully saturated rings. The van der Waals surface area contributed by atoms with E-state index in [0.29, 0.717) is 17.7 Å². The highest BCUT2D eigenvalue weighted by Gasteiger charge is 2.18. The minimum atomic E-state index is -0.331. The van der Waals surface area contributed by atoms with Crippen LogP contribution in [0.5, 0.6) is 0 Å². The summed E-state index contributed by atoms with van der Waals surface area (Å²) in [5.41, 5.74) is 1.95. The Morgan fingerprint density at radius 3 is 2.31 bits per heavy atom. The summed E-state index contributed by atoms with van der Waals surface area (Å²) in [6.07, 6.45) is 0.409. The number of nitrogens with one attached hydrogen (secondary N) is 2. The number of carbonyl (C=O) groups excluding carboxylic acids is 2. The van der Waals surface area contributed by atoms with E-state index in [1.54, 1.807) is 30.0 Å². The average Bonchev–Trinajstić information content (AvgIpc) is 2.58. The number of anilines is 1. The lowest BCUT2D eigenvalue weighted by Crippen LogP contribution is -2.40. The summed E-state index contributed by atoms with van der Waals surface area (Å²) in [6, 6.07) is 17.3. The Morgan fingerprint density at radius 1 is 0.962 bits per heavy atom. The van der Waals surface area contributed by atoms with Crippen LogP contribution < -0.4 is 10.6 Å². The van der Waals surface area contributed by atoms with Crippen molar-refractivity contribution in [3.8, 4) is 0 Å². The van der Waals surface area contributed by atoms with Gasteiger partial charge in [-0.05, 0) is 38.5 Å². The molecule has 4 nitrogen and oxygen atoms in total. The lowest BCUT2D eigenvalue weighted by Gasteiger charge is -2.21. The minimum absolute atomic E-state index is 0.0819. The summed E-state index contributed by atoms with van der Waals surface area (Å²) in [5, 5.41) is 5.79. The molecule has 2 aromatic carbocycles. The number of benzene rings is 2. The third kappa shape index (κ3) is 6.92. The first kappa shape index (κ1) is 20.0. The Labute approximate surface area is 159 Å². The van der Waals surface area contributed by atoms with Gasteiger partial charge in [-0.1, -0.05) is 42.5 Å². The monoisotopic (exact) mass is 370 g/mol. The van der Waals surface area contributed by atoms with Gasteiger partial charge in [-0.3, -0.25) is 9.59 Å². The van der Waals surface area contributed by atoms with Crippen LogP contribution in [0.1, 0.15) is 43.1 Å². The fourth-order valence-corrected chi connectivity index (χ4v) is 3.24. The van der Waals surface area contributed by atoms with Gasteiger partial charge >= 0.3 is 0 Å². The lowest BCUT2D eigenvalue weighted by molar-refractivity contribution is -0.115. The normalized spacial score (nSPS) is 11.0. The van der Waals surface area contributed by atoms with Gasteiger partial charge in [0, 0.05) is 23.5 Å². The van der Waals surface area contributed by atoms with E-state index in [9.17, 15) is 9.59 Å². The molecule has 26 heavy (non-hydrogen) atoms. The Bertz CT molecular complexity index is 739. The second-order valence-corrected chi connectivity index (χ2v) is 8.19. The predicted octanol–water partition coefficient (Wildman–Crippen LogP) is 4.48. The van der Waals surface area contributed by atoms with Crippen molar-refractivity contribution in [2.24, 2.45) is 0 Å². The van der Waals surface area contributed by atoms with Gasteiger partial charge in [-0.2, -0.15) is 11.8 Å². The minimum Gasteiger partial charge on any atom is -0.347 e. The zero-order valence-electron chi connectivity index (χ0n) is 15.5. The highest BCUT2D eigenvalue weighted by atomic mass is 32.2. The van der Waals surface area contributed by atoms with E-state index in [2.05, 4.69) is 22.8 Å². The van der Waals surface area contributed by atoms with Crippen LogP contribution in [-0.4, -0.2) is 23.1 Å². The fourth-order valence-electron chi connectivity index (χ4n) is 2.34. The summed E-state index contributed by atoms with van der Waals surface area (Å²) in [5.74, 6) is 1.35. The van der Waals surface area contributed by atoms with Crippen molar-refractivity contribution in [1.29, 1.82) is 0 Å². The Hall–Kier alpha value is -2.27. The quantitative estimate of drug-likeness (QED) is 0.707. The molecule has 0 saturated carbocycles. The summed E-state index contributed by atoms with van der Waals surface area (Å²) in [4.78, 5) is 24.6. The first-order valence-electron chi connectivity index (χ1n) is 8.68. The Morgan fingerprint density at radius 2 is 1.62 bits per heavy atom. The third-order valence-corrected chi connectivity index (χ3v) is 4.55. The predicted molar refractivity (Wildman–Crippen MR) is 110 cm³/mol. The molecule has 2 rings (SSSR count). The van der Waals surface area contributed by atoms with E-state index in [1.165, 1.54) is 5.56 Å². The summed E-state index contributed by atoms with van der Waals surface area (Å²) in [7, 11) is 0. The van der Waals surface area contributed by atoms with Crippen molar-refractivity contribution in [1.82, 2.24) is 5.32 Å². The Kier molecular flexibility index (Phi) is 7.27. The molecular formula is C21H26N2O2S. The molecule has 0 heterocycles. The second kappa shape index (κ2) is 9.43. The highest BCUT2D eigenvalue weighted by molar-refractivity contribution is 7.98. The van der Waals surface area contributed by atoms with Crippen molar-refractivity contribution in [2.75, 3.05) is 11.1 Å². The fraction of sp³-hybridized carbons (Fsp3) is 0.333.